The van der Waals surface area contributed by atoms with Gasteiger partial charge in [0, 0.05) is 25.5 Å². The SMILES string of the molecule is CCNC(=NCCn1cccc1)NCCOc1ccccc1Cl.I. The van der Waals surface area contributed by atoms with Gasteiger partial charge in [-0.2, -0.15) is 0 Å². The first-order chi connectivity index (χ1) is 11.3. The maximum absolute atomic E-state index is 6.05. The Bertz CT molecular complexity index is 604. The minimum absolute atomic E-state index is 0. The first kappa shape index (κ1) is 20.6. The van der Waals surface area contributed by atoms with Crippen LogP contribution in [0.3, 0.4) is 0 Å². The molecule has 0 amide bonds. The van der Waals surface area contributed by atoms with E-state index in [2.05, 4.69) is 20.2 Å². The molecule has 1 aromatic carbocycles. The zero-order valence-electron chi connectivity index (χ0n) is 13.7. The summed E-state index contributed by atoms with van der Waals surface area (Å²) < 4.78 is 7.75. The molecule has 0 bridgehead atoms. The van der Waals surface area contributed by atoms with E-state index in [1.54, 1.807) is 0 Å². The molecule has 5 nitrogen and oxygen atoms in total. The lowest BCUT2D eigenvalue weighted by atomic mass is 10.3. The average molecular weight is 463 g/mol. The standard InChI is InChI=1S/C17H23ClN4O.HI/c1-2-19-17(20-9-13-22-11-5-6-12-22)21-10-14-23-16-8-4-3-7-15(16)18;/h3-8,11-12H,2,9-10,13-14H2,1H3,(H2,19,20,21);1H. The van der Waals surface area contributed by atoms with Crippen molar-refractivity contribution in [1.29, 1.82) is 0 Å². The molecule has 2 aromatic rings. The van der Waals surface area contributed by atoms with Gasteiger partial charge in [0.05, 0.1) is 18.1 Å². The molecule has 7 heteroatoms. The fraction of sp³-hybridized carbons (Fsp3) is 0.353. The van der Waals surface area contributed by atoms with Crippen molar-refractivity contribution in [1.82, 2.24) is 15.2 Å². The largest absolute Gasteiger partial charge is 0.490 e. The summed E-state index contributed by atoms with van der Waals surface area (Å²) in [5.41, 5.74) is 0. The molecular weight excluding hydrogens is 439 g/mol. The third kappa shape index (κ3) is 7.44. The zero-order valence-corrected chi connectivity index (χ0v) is 16.8. The molecule has 0 radical (unpaired) electrons. The Balaban J connectivity index is 0.00000288. The van der Waals surface area contributed by atoms with E-state index >= 15 is 0 Å². The molecule has 0 saturated heterocycles. The molecule has 0 atom stereocenters. The summed E-state index contributed by atoms with van der Waals surface area (Å²) in [5, 5.41) is 7.10. The van der Waals surface area contributed by atoms with Gasteiger partial charge < -0.3 is 19.9 Å². The van der Waals surface area contributed by atoms with E-state index in [4.69, 9.17) is 16.3 Å². The van der Waals surface area contributed by atoms with Crippen LogP contribution in [0.15, 0.2) is 53.8 Å². The number of aliphatic imine (C=N–C) groups is 1. The number of benzene rings is 1. The highest BCUT2D eigenvalue weighted by Crippen LogP contribution is 2.22. The van der Waals surface area contributed by atoms with Gasteiger partial charge in [0.1, 0.15) is 12.4 Å². The van der Waals surface area contributed by atoms with Crippen molar-refractivity contribution in [3.8, 4) is 5.75 Å². The van der Waals surface area contributed by atoms with Crippen molar-refractivity contribution in [2.45, 2.75) is 13.5 Å². The van der Waals surface area contributed by atoms with Crippen molar-refractivity contribution in [3.63, 3.8) is 0 Å². The van der Waals surface area contributed by atoms with Gasteiger partial charge in [-0.05, 0) is 31.2 Å². The van der Waals surface area contributed by atoms with Crippen LogP contribution < -0.4 is 15.4 Å². The molecule has 0 aliphatic carbocycles. The third-order valence-electron chi connectivity index (χ3n) is 3.13. The second kappa shape index (κ2) is 12.0. The second-order valence-electron chi connectivity index (χ2n) is 4.89. The predicted octanol–water partition coefficient (Wildman–Crippen LogP) is 3.39. The van der Waals surface area contributed by atoms with Gasteiger partial charge in [-0.1, -0.05) is 23.7 Å². The second-order valence-corrected chi connectivity index (χ2v) is 5.29. The van der Waals surface area contributed by atoms with E-state index < -0.39 is 0 Å². The monoisotopic (exact) mass is 462 g/mol. The molecule has 0 aliphatic rings. The van der Waals surface area contributed by atoms with Gasteiger partial charge in [0.15, 0.2) is 5.96 Å². The number of aromatic nitrogens is 1. The summed E-state index contributed by atoms with van der Waals surface area (Å²) in [5.74, 6) is 1.49. The third-order valence-corrected chi connectivity index (χ3v) is 3.44. The topological polar surface area (TPSA) is 50.6 Å². The lowest BCUT2D eigenvalue weighted by molar-refractivity contribution is 0.322. The molecule has 2 N–H and O–H groups in total. The summed E-state index contributed by atoms with van der Waals surface area (Å²) in [6.45, 7) is 5.62. The van der Waals surface area contributed by atoms with Crippen LogP contribution in [0.5, 0.6) is 5.75 Å². The molecule has 0 unspecified atom stereocenters. The Morgan fingerprint density at radius 1 is 1.17 bits per heavy atom. The van der Waals surface area contributed by atoms with Gasteiger partial charge in [-0.3, -0.25) is 4.99 Å². The fourth-order valence-corrected chi connectivity index (χ4v) is 2.22. The summed E-state index contributed by atoms with van der Waals surface area (Å²) in [6, 6.07) is 11.5. The van der Waals surface area contributed by atoms with Gasteiger partial charge in [0.2, 0.25) is 0 Å². The van der Waals surface area contributed by atoms with Crippen molar-refractivity contribution < 1.29 is 4.74 Å². The highest BCUT2D eigenvalue weighted by atomic mass is 127. The lowest BCUT2D eigenvalue weighted by Gasteiger charge is -2.12. The van der Waals surface area contributed by atoms with Crippen LogP contribution in [0.2, 0.25) is 5.02 Å². The Kier molecular flexibility index (Phi) is 10.3. The number of nitrogens with zero attached hydrogens (tertiary/aromatic N) is 2. The van der Waals surface area contributed by atoms with Crippen molar-refractivity contribution in [2.24, 2.45) is 4.99 Å². The normalized spacial score (nSPS) is 10.8. The Labute approximate surface area is 165 Å². The number of rotatable bonds is 8. The highest BCUT2D eigenvalue weighted by Gasteiger charge is 2.00. The Morgan fingerprint density at radius 2 is 1.92 bits per heavy atom. The lowest BCUT2D eigenvalue weighted by Crippen LogP contribution is -2.39. The van der Waals surface area contributed by atoms with Crippen LogP contribution in [0.25, 0.3) is 0 Å². The van der Waals surface area contributed by atoms with E-state index in [1.807, 2.05) is 55.7 Å². The van der Waals surface area contributed by atoms with Crippen LogP contribution in [-0.2, 0) is 6.54 Å². The maximum Gasteiger partial charge on any atom is 0.191 e. The number of halogens is 2. The van der Waals surface area contributed by atoms with E-state index in [0.29, 0.717) is 23.9 Å². The van der Waals surface area contributed by atoms with E-state index in [0.717, 1.165) is 25.6 Å². The first-order valence-corrected chi connectivity index (χ1v) is 8.17. The van der Waals surface area contributed by atoms with Gasteiger partial charge >= 0.3 is 0 Å². The summed E-state index contributed by atoms with van der Waals surface area (Å²) in [4.78, 5) is 4.54. The summed E-state index contributed by atoms with van der Waals surface area (Å²) >= 11 is 6.05. The van der Waals surface area contributed by atoms with Crippen LogP contribution in [0, 0.1) is 0 Å². The van der Waals surface area contributed by atoms with E-state index in [-0.39, 0.29) is 24.0 Å². The van der Waals surface area contributed by atoms with Crippen LogP contribution >= 0.6 is 35.6 Å². The minimum Gasteiger partial charge on any atom is -0.490 e. The van der Waals surface area contributed by atoms with Gasteiger partial charge in [-0.15, -0.1) is 24.0 Å². The molecule has 0 fully saturated rings. The van der Waals surface area contributed by atoms with E-state index in [1.165, 1.54) is 0 Å². The van der Waals surface area contributed by atoms with Crippen molar-refractivity contribution >= 4 is 41.5 Å². The number of nitrogens with one attached hydrogen (secondary N) is 2. The van der Waals surface area contributed by atoms with Crippen molar-refractivity contribution in [3.05, 3.63) is 53.8 Å². The molecule has 0 saturated carbocycles. The maximum atomic E-state index is 6.05. The molecule has 0 spiro atoms. The quantitative estimate of drug-likeness (QED) is 0.274. The molecule has 2 rings (SSSR count). The van der Waals surface area contributed by atoms with E-state index in [9.17, 15) is 0 Å². The van der Waals surface area contributed by atoms with Crippen LogP contribution in [0.4, 0.5) is 0 Å². The predicted molar refractivity (Wildman–Crippen MR) is 111 cm³/mol. The smallest absolute Gasteiger partial charge is 0.191 e. The van der Waals surface area contributed by atoms with Gasteiger partial charge in [-0.25, -0.2) is 0 Å². The zero-order chi connectivity index (χ0) is 16.3. The summed E-state index contributed by atoms with van der Waals surface area (Å²) in [6.07, 6.45) is 4.07. The molecule has 132 valence electrons. The van der Waals surface area contributed by atoms with Crippen LogP contribution in [-0.4, -0.2) is 36.8 Å². The molecule has 0 aliphatic heterocycles. The number of ether oxygens (including phenoxy) is 1. The Morgan fingerprint density at radius 3 is 2.62 bits per heavy atom. The van der Waals surface area contributed by atoms with Crippen molar-refractivity contribution in [2.75, 3.05) is 26.2 Å². The minimum atomic E-state index is 0. The Hall–Kier alpha value is -1.41. The average Bonchev–Trinajstić information content (AvgIpc) is 3.06. The summed E-state index contributed by atoms with van der Waals surface area (Å²) in [7, 11) is 0. The number of guanidine groups is 1. The molecule has 24 heavy (non-hydrogen) atoms. The molecular formula is C17H24ClIN4O. The van der Waals surface area contributed by atoms with Crippen LogP contribution in [0.1, 0.15) is 6.92 Å². The molecule has 1 aromatic heterocycles. The fourth-order valence-electron chi connectivity index (χ4n) is 2.03. The number of para-hydroxylation sites is 1. The first-order valence-electron chi connectivity index (χ1n) is 7.80. The van der Waals surface area contributed by atoms with Gasteiger partial charge in [0.25, 0.3) is 0 Å². The highest BCUT2D eigenvalue weighted by molar-refractivity contribution is 14.0. The number of hydrogen-bond acceptors (Lipinski definition) is 2. The molecule has 1 heterocycles. The number of hydrogen-bond donors (Lipinski definition) is 2.